The van der Waals surface area contributed by atoms with Crippen LogP contribution in [0.2, 0.25) is 0 Å². The summed E-state index contributed by atoms with van der Waals surface area (Å²) in [5.41, 5.74) is 2.52. The lowest BCUT2D eigenvalue weighted by atomic mass is 10.0. The monoisotopic (exact) mass is 581 g/mol. The average molecular weight is 581 g/mol. The number of thioether (sulfide) groups is 1. The Hall–Kier alpha value is -1.41. The molecule has 0 fully saturated rings. The van der Waals surface area contributed by atoms with E-state index in [9.17, 15) is 0 Å². The zero-order valence-electron chi connectivity index (χ0n) is 30.5. The van der Waals surface area contributed by atoms with E-state index in [1.54, 1.807) is 0 Å². The lowest BCUT2D eigenvalue weighted by Crippen LogP contribution is -2.07. The van der Waals surface area contributed by atoms with Crippen molar-refractivity contribution in [3.63, 3.8) is 0 Å². The van der Waals surface area contributed by atoms with Crippen molar-refractivity contribution in [1.82, 2.24) is 0 Å². The quantitative estimate of drug-likeness (QED) is 0.169. The molecule has 0 aromatic heterocycles. The molecule has 0 heterocycles. The first-order valence-electron chi connectivity index (χ1n) is 16.7. The first kappa shape index (κ1) is 51.3. The molecule has 0 spiro atoms. The van der Waals surface area contributed by atoms with Gasteiger partial charge in [0.25, 0.3) is 0 Å². The van der Waals surface area contributed by atoms with Gasteiger partial charge in [0.05, 0.1) is 6.61 Å². The van der Waals surface area contributed by atoms with Gasteiger partial charge < -0.3 is 4.74 Å². The van der Waals surface area contributed by atoms with E-state index in [2.05, 4.69) is 97.7 Å². The summed E-state index contributed by atoms with van der Waals surface area (Å²) in [5, 5.41) is 0.541. The van der Waals surface area contributed by atoms with Crippen LogP contribution in [0.4, 0.5) is 0 Å². The van der Waals surface area contributed by atoms with Crippen LogP contribution in [0.25, 0.3) is 6.08 Å². The van der Waals surface area contributed by atoms with E-state index in [0.29, 0.717) is 11.2 Å². The minimum absolute atomic E-state index is 0.406. The number of rotatable bonds is 13. The second kappa shape index (κ2) is 50.4. The van der Waals surface area contributed by atoms with Crippen LogP contribution in [-0.4, -0.2) is 18.1 Å². The number of hydrogen-bond donors (Lipinski definition) is 0. The van der Waals surface area contributed by atoms with E-state index in [-0.39, 0.29) is 0 Å². The molecule has 0 aliphatic heterocycles. The Bertz CT molecular complexity index is 602. The lowest BCUT2D eigenvalue weighted by molar-refractivity contribution is 0.306. The second-order valence-electron chi connectivity index (χ2n) is 7.98. The summed E-state index contributed by atoms with van der Waals surface area (Å²) in [5.74, 6) is 1.44. The summed E-state index contributed by atoms with van der Waals surface area (Å²) in [4.78, 5) is 0. The van der Waals surface area contributed by atoms with Crippen LogP contribution in [0.3, 0.4) is 0 Å². The van der Waals surface area contributed by atoms with Gasteiger partial charge in [-0.2, -0.15) is 11.8 Å². The van der Waals surface area contributed by atoms with E-state index in [1.807, 2.05) is 79.3 Å². The molecule has 0 radical (unpaired) electrons. The first-order chi connectivity index (χ1) is 19.5. The first-order valence-corrected chi connectivity index (χ1v) is 18.0. The number of hydrogen-bond acceptors (Lipinski definition) is 2. The van der Waals surface area contributed by atoms with Crippen LogP contribution in [0.5, 0.6) is 5.75 Å². The molecule has 1 rings (SSSR count). The van der Waals surface area contributed by atoms with Gasteiger partial charge in [0, 0.05) is 11.2 Å². The molecule has 0 aliphatic rings. The highest BCUT2D eigenvalue weighted by Crippen LogP contribution is 2.24. The molecule has 1 aromatic rings. The van der Waals surface area contributed by atoms with Crippen molar-refractivity contribution in [2.75, 3.05) is 12.9 Å². The highest BCUT2D eigenvalue weighted by molar-refractivity contribution is 7.99. The molecular weight excluding hydrogens is 504 g/mol. The van der Waals surface area contributed by atoms with Crippen molar-refractivity contribution in [3.8, 4) is 5.75 Å². The number of benzene rings is 1. The summed E-state index contributed by atoms with van der Waals surface area (Å²) >= 11 is 1.88. The number of ether oxygens (including phenoxy) is 1. The van der Waals surface area contributed by atoms with Gasteiger partial charge in [0.1, 0.15) is 5.75 Å². The minimum atomic E-state index is 0.406. The molecule has 0 bridgehead atoms. The summed E-state index contributed by atoms with van der Waals surface area (Å²) in [6.45, 7) is 35.9. The zero-order chi connectivity index (χ0) is 32.6. The third-order valence-electron chi connectivity index (χ3n) is 4.82. The van der Waals surface area contributed by atoms with Crippen LogP contribution in [-0.2, 0) is 6.42 Å². The van der Waals surface area contributed by atoms with E-state index in [1.165, 1.54) is 36.8 Å². The van der Waals surface area contributed by atoms with Crippen LogP contribution >= 0.6 is 11.8 Å². The fraction of sp³-hybridized carbons (Fsp3) is 0.684. The number of unbranched alkanes of at least 4 members (excludes halogenated alkanes) is 3. The summed E-state index contributed by atoms with van der Waals surface area (Å²) in [6, 6.07) is 6.51. The van der Waals surface area contributed by atoms with Gasteiger partial charge in [-0.05, 0) is 42.4 Å². The largest absolute Gasteiger partial charge is 0.493 e. The predicted molar refractivity (Wildman–Crippen MR) is 198 cm³/mol. The lowest BCUT2D eigenvalue weighted by Gasteiger charge is -2.15. The molecule has 40 heavy (non-hydrogen) atoms. The van der Waals surface area contributed by atoms with E-state index < -0.39 is 0 Å². The van der Waals surface area contributed by atoms with Gasteiger partial charge >= 0.3 is 0 Å². The van der Waals surface area contributed by atoms with Gasteiger partial charge in [0.15, 0.2) is 0 Å². The molecule has 0 aliphatic carbocycles. The maximum absolute atomic E-state index is 5.91. The van der Waals surface area contributed by atoms with Crippen molar-refractivity contribution in [2.45, 2.75) is 154 Å². The summed E-state index contributed by atoms with van der Waals surface area (Å²) < 4.78 is 5.91. The van der Waals surface area contributed by atoms with Crippen LogP contribution in [0.15, 0.2) is 49.1 Å². The molecule has 2 atom stereocenters. The molecule has 1 aromatic carbocycles. The van der Waals surface area contributed by atoms with Crippen LogP contribution in [0.1, 0.15) is 154 Å². The number of aryl methyl sites for hydroxylation is 1. The molecular formula is C38H76OS. The maximum Gasteiger partial charge on any atom is 0.122 e. The molecule has 0 saturated heterocycles. The molecule has 0 saturated carbocycles. The second-order valence-corrected chi connectivity index (χ2v) is 9.20. The van der Waals surface area contributed by atoms with Crippen molar-refractivity contribution < 1.29 is 4.74 Å². The Kier molecular flexibility index (Phi) is 64.7. The van der Waals surface area contributed by atoms with Crippen LogP contribution < -0.4 is 4.74 Å². The van der Waals surface area contributed by atoms with Gasteiger partial charge in [-0.1, -0.05) is 179 Å². The molecule has 2 unspecified atom stereocenters. The van der Waals surface area contributed by atoms with Gasteiger partial charge in [-0.3, -0.25) is 0 Å². The average Bonchev–Trinajstić information content (AvgIpc) is 3.02. The molecule has 1 nitrogen and oxygen atoms in total. The third-order valence-corrected chi connectivity index (χ3v) is 5.88. The van der Waals surface area contributed by atoms with Crippen molar-refractivity contribution >= 4 is 17.8 Å². The normalized spacial score (nSPS) is 10.6. The van der Waals surface area contributed by atoms with Crippen molar-refractivity contribution in [3.05, 3.63) is 60.2 Å². The molecule has 0 N–H and O–H groups in total. The standard InChI is InChI=1S/C22H32OS.C5H12.C3H8.4C2H6/c1-6-9-11-21(18(4)24-5)14-12-19-13-15-22(20(8-3)17-19)23-16-10-7-2;1-3-5-4-2;1-3-2;4*1-2/h6,9,11-15,17-18,21H,1,7-8,10,16H2,2-5H3;3-5H2,1-2H3;3H2,1-2H3;4*1-2H3/b11-9-,14-12+;;;;;;. The highest BCUT2D eigenvalue weighted by Gasteiger charge is 2.09. The Morgan fingerprint density at radius 2 is 1.30 bits per heavy atom. The molecule has 240 valence electrons. The third kappa shape index (κ3) is 36.6. The summed E-state index contributed by atoms with van der Waals surface area (Å²) in [6.07, 6.45) is 21.3. The van der Waals surface area contributed by atoms with Gasteiger partial charge in [-0.15, -0.1) is 0 Å². The van der Waals surface area contributed by atoms with E-state index in [0.717, 1.165) is 31.6 Å². The molecule has 0 amide bonds. The Morgan fingerprint density at radius 1 is 0.800 bits per heavy atom. The van der Waals surface area contributed by atoms with Gasteiger partial charge in [0.2, 0.25) is 0 Å². The van der Waals surface area contributed by atoms with E-state index in [4.69, 9.17) is 4.74 Å². The van der Waals surface area contributed by atoms with Gasteiger partial charge in [-0.25, -0.2) is 0 Å². The fourth-order valence-corrected chi connectivity index (χ4v) is 3.26. The van der Waals surface area contributed by atoms with E-state index >= 15 is 0 Å². The fourth-order valence-electron chi connectivity index (χ4n) is 2.76. The maximum atomic E-state index is 5.91. The Labute approximate surface area is 260 Å². The highest BCUT2D eigenvalue weighted by atomic mass is 32.2. The number of allylic oxidation sites excluding steroid dienone is 4. The Morgan fingerprint density at radius 3 is 1.68 bits per heavy atom. The zero-order valence-corrected chi connectivity index (χ0v) is 31.3. The minimum Gasteiger partial charge on any atom is -0.493 e. The Balaban J connectivity index is -0.000000151. The topological polar surface area (TPSA) is 9.23 Å². The summed E-state index contributed by atoms with van der Waals surface area (Å²) in [7, 11) is 0. The van der Waals surface area contributed by atoms with Crippen molar-refractivity contribution in [1.29, 1.82) is 0 Å². The smallest absolute Gasteiger partial charge is 0.122 e. The SMILES string of the molecule is C=C/C=C\C(/C=C/c1ccc(OCCCC)c(CC)c1)C(C)SC.CC.CC.CC.CC.CCC.CCCCC. The van der Waals surface area contributed by atoms with Crippen molar-refractivity contribution in [2.24, 2.45) is 5.92 Å². The molecule has 2 heteroatoms. The van der Waals surface area contributed by atoms with Crippen LogP contribution in [0, 0.1) is 5.92 Å². The predicted octanol–water partition coefficient (Wildman–Crippen LogP) is 14.3.